The molecule has 0 spiro atoms. The van der Waals surface area contributed by atoms with E-state index in [0.29, 0.717) is 5.54 Å². The first-order valence-electron chi connectivity index (χ1n) is 4.43. The van der Waals surface area contributed by atoms with Gasteiger partial charge >= 0.3 is 0 Å². The van der Waals surface area contributed by atoms with Gasteiger partial charge in [-0.2, -0.15) is 0 Å². The minimum absolute atomic E-state index is 0.630. The fraction of sp³-hybridized carbons (Fsp3) is 0.273. The van der Waals surface area contributed by atoms with Crippen LogP contribution in [0.2, 0.25) is 13.1 Å². The summed E-state index contributed by atoms with van der Waals surface area (Å²) in [5.74, 6) is 0. The highest BCUT2D eigenvalue weighted by Crippen LogP contribution is 2.19. The number of rotatable bonds is 3. The van der Waals surface area contributed by atoms with Crippen molar-refractivity contribution in [2.24, 2.45) is 0 Å². The van der Waals surface area contributed by atoms with Crippen molar-refractivity contribution < 1.29 is 0 Å². The number of allylic oxidation sites excluding steroid dienone is 1. The van der Waals surface area contributed by atoms with Gasteiger partial charge < -0.3 is 0 Å². The molecule has 0 bridgehead atoms. The third-order valence-electron chi connectivity index (χ3n) is 2.16. The van der Waals surface area contributed by atoms with Gasteiger partial charge in [0.15, 0.2) is 0 Å². The van der Waals surface area contributed by atoms with Gasteiger partial charge in [-0.05, 0) is 11.1 Å². The Bertz CT molecular complexity index is 238. The first-order valence-corrected chi connectivity index (χ1v) is 7.41. The Morgan fingerprint density at radius 2 is 1.83 bits per heavy atom. The van der Waals surface area contributed by atoms with E-state index in [1.165, 1.54) is 5.56 Å². The molecule has 64 valence electrons. The largest absolute Gasteiger partial charge is 0.103 e. The summed E-state index contributed by atoms with van der Waals surface area (Å²) < 4.78 is 0. The minimum Gasteiger partial charge on any atom is -0.103 e. The van der Waals surface area contributed by atoms with Crippen molar-refractivity contribution in [1.82, 2.24) is 0 Å². The molecule has 0 N–H and O–H groups in total. The van der Waals surface area contributed by atoms with Crippen molar-refractivity contribution in [2.45, 2.75) is 18.6 Å². The molecule has 0 saturated carbocycles. The molecule has 12 heavy (non-hydrogen) atoms. The predicted octanol–water partition coefficient (Wildman–Crippen LogP) is 2.98. The molecule has 1 aromatic rings. The molecular formula is C11H16Si. The average Bonchev–Trinajstić information content (AvgIpc) is 2.07. The van der Waals surface area contributed by atoms with Crippen LogP contribution in [0.25, 0.3) is 0 Å². The Morgan fingerprint density at radius 3 is 2.25 bits per heavy atom. The van der Waals surface area contributed by atoms with Crippen LogP contribution in [0.3, 0.4) is 0 Å². The lowest BCUT2D eigenvalue weighted by Crippen LogP contribution is -2.13. The molecule has 1 rings (SSSR count). The zero-order valence-electron chi connectivity index (χ0n) is 7.83. The molecule has 0 nitrogen and oxygen atoms in total. The van der Waals surface area contributed by atoms with Gasteiger partial charge in [-0.1, -0.05) is 49.5 Å². The Kier molecular flexibility index (Phi) is 3.29. The molecule has 0 amide bonds. The summed E-state index contributed by atoms with van der Waals surface area (Å²) in [4.78, 5) is 0. The highest BCUT2D eigenvalue weighted by Gasteiger charge is 2.11. The van der Waals surface area contributed by atoms with Crippen LogP contribution in [0.5, 0.6) is 0 Å². The van der Waals surface area contributed by atoms with Crippen LogP contribution in [0.1, 0.15) is 11.1 Å². The minimum atomic E-state index is -0.630. The fourth-order valence-corrected chi connectivity index (χ4v) is 3.00. The predicted molar refractivity (Wildman–Crippen MR) is 58.3 cm³/mol. The van der Waals surface area contributed by atoms with Crippen LogP contribution in [0.15, 0.2) is 43.0 Å². The van der Waals surface area contributed by atoms with Gasteiger partial charge in [0.25, 0.3) is 0 Å². The molecule has 0 fully saturated rings. The van der Waals surface area contributed by atoms with E-state index in [1.54, 1.807) is 0 Å². The van der Waals surface area contributed by atoms with Crippen molar-refractivity contribution in [2.75, 3.05) is 0 Å². The third kappa shape index (κ3) is 2.08. The van der Waals surface area contributed by atoms with Crippen LogP contribution < -0.4 is 0 Å². The first kappa shape index (κ1) is 9.27. The molecule has 0 aliphatic heterocycles. The standard InChI is InChI=1S/C11H16Si/c1-4-11(12(2)3)10-8-6-5-7-9-10/h4-9,11-12H,1H2,2-3H3. The summed E-state index contributed by atoms with van der Waals surface area (Å²) in [5.41, 5.74) is 2.06. The maximum Gasteiger partial charge on any atom is 0.0435 e. The fourth-order valence-electron chi connectivity index (χ4n) is 1.47. The van der Waals surface area contributed by atoms with Crippen molar-refractivity contribution in [1.29, 1.82) is 0 Å². The van der Waals surface area contributed by atoms with Gasteiger partial charge in [0.1, 0.15) is 0 Å². The van der Waals surface area contributed by atoms with Gasteiger partial charge in [0, 0.05) is 8.80 Å². The third-order valence-corrected chi connectivity index (χ3v) is 4.25. The zero-order valence-corrected chi connectivity index (χ0v) is 8.98. The van der Waals surface area contributed by atoms with Gasteiger partial charge in [-0.25, -0.2) is 0 Å². The molecule has 0 aliphatic rings. The average molecular weight is 176 g/mol. The lowest BCUT2D eigenvalue weighted by molar-refractivity contribution is 1.17. The molecule has 0 aromatic heterocycles. The number of hydrogen-bond acceptors (Lipinski definition) is 0. The summed E-state index contributed by atoms with van der Waals surface area (Å²) in [7, 11) is -0.630. The summed E-state index contributed by atoms with van der Waals surface area (Å²) >= 11 is 0. The van der Waals surface area contributed by atoms with E-state index in [2.05, 4.69) is 56.1 Å². The SMILES string of the molecule is C=CC(c1ccccc1)[SiH](C)C. The Labute approximate surface area is 76.5 Å². The molecule has 0 aliphatic carbocycles. The quantitative estimate of drug-likeness (QED) is 0.490. The Hall–Kier alpha value is -0.823. The topological polar surface area (TPSA) is 0 Å². The highest BCUT2D eigenvalue weighted by molar-refractivity contribution is 6.58. The van der Waals surface area contributed by atoms with Crippen molar-refractivity contribution in [3.05, 3.63) is 48.6 Å². The van der Waals surface area contributed by atoms with E-state index in [0.717, 1.165) is 0 Å². The Morgan fingerprint density at radius 1 is 1.25 bits per heavy atom. The normalized spacial score (nSPS) is 12.9. The molecule has 1 atom stereocenters. The van der Waals surface area contributed by atoms with Crippen molar-refractivity contribution in [3.8, 4) is 0 Å². The Balaban J connectivity index is 2.88. The van der Waals surface area contributed by atoms with Crippen LogP contribution in [0, 0.1) is 0 Å². The second-order valence-electron chi connectivity index (χ2n) is 3.42. The van der Waals surface area contributed by atoms with E-state index < -0.39 is 8.80 Å². The van der Waals surface area contributed by atoms with Gasteiger partial charge in [0.2, 0.25) is 0 Å². The summed E-state index contributed by atoms with van der Waals surface area (Å²) in [6.45, 7) is 8.61. The maximum atomic E-state index is 3.89. The van der Waals surface area contributed by atoms with Crippen LogP contribution in [0.4, 0.5) is 0 Å². The van der Waals surface area contributed by atoms with Crippen LogP contribution >= 0.6 is 0 Å². The summed E-state index contributed by atoms with van der Waals surface area (Å²) in [6, 6.07) is 10.6. The molecule has 0 heterocycles. The van der Waals surface area contributed by atoms with Crippen molar-refractivity contribution in [3.63, 3.8) is 0 Å². The monoisotopic (exact) mass is 176 g/mol. The van der Waals surface area contributed by atoms with E-state index in [1.807, 2.05) is 0 Å². The molecular weight excluding hydrogens is 160 g/mol. The number of benzene rings is 1. The molecule has 1 aromatic carbocycles. The lowest BCUT2D eigenvalue weighted by atomic mass is 10.1. The second kappa shape index (κ2) is 4.26. The van der Waals surface area contributed by atoms with Crippen LogP contribution in [-0.2, 0) is 0 Å². The van der Waals surface area contributed by atoms with Gasteiger partial charge in [-0.15, -0.1) is 6.58 Å². The van der Waals surface area contributed by atoms with Gasteiger partial charge in [-0.3, -0.25) is 0 Å². The van der Waals surface area contributed by atoms with Crippen molar-refractivity contribution >= 4 is 8.80 Å². The van der Waals surface area contributed by atoms with Crippen LogP contribution in [-0.4, -0.2) is 8.80 Å². The van der Waals surface area contributed by atoms with E-state index >= 15 is 0 Å². The molecule has 1 heteroatoms. The first-order chi connectivity index (χ1) is 5.75. The summed E-state index contributed by atoms with van der Waals surface area (Å²) in [5, 5.41) is 0. The van der Waals surface area contributed by atoms with E-state index in [9.17, 15) is 0 Å². The highest BCUT2D eigenvalue weighted by atomic mass is 28.3. The maximum absolute atomic E-state index is 3.89. The number of hydrogen-bond donors (Lipinski definition) is 0. The summed E-state index contributed by atoms with van der Waals surface area (Å²) in [6.07, 6.45) is 2.09. The molecule has 0 saturated heterocycles. The molecule has 0 radical (unpaired) electrons. The zero-order chi connectivity index (χ0) is 8.97. The van der Waals surface area contributed by atoms with Gasteiger partial charge in [0.05, 0.1) is 0 Å². The van der Waals surface area contributed by atoms with E-state index in [-0.39, 0.29) is 0 Å². The smallest absolute Gasteiger partial charge is 0.0435 e. The van der Waals surface area contributed by atoms with E-state index in [4.69, 9.17) is 0 Å². The molecule has 1 unspecified atom stereocenters. The second-order valence-corrected chi connectivity index (χ2v) is 6.62. The lowest BCUT2D eigenvalue weighted by Gasteiger charge is -2.15.